The van der Waals surface area contributed by atoms with Gasteiger partial charge in [0.15, 0.2) is 0 Å². The van der Waals surface area contributed by atoms with E-state index in [4.69, 9.17) is 25.8 Å². The Morgan fingerprint density at radius 3 is 2.77 bits per heavy atom. The smallest absolute Gasteiger partial charge is 0.410 e. The van der Waals surface area contributed by atoms with Crippen molar-refractivity contribution in [2.75, 3.05) is 26.3 Å². The molecule has 0 N–H and O–H groups in total. The molecule has 1 aromatic carbocycles. The number of nitrogens with zero attached hydrogens (tertiary/aromatic N) is 1. The first-order valence-electron chi connectivity index (χ1n) is 9.31. The van der Waals surface area contributed by atoms with Crippen molar-refractivity contribution in [2.45, 2.75) is 57.8 Å². The highest BCUT2D eigenvalue weighted by Gasteiger charge is 2.28. The zero-order chi connectivity index (χ0) is 18.7. The Kier molecular flexibility index (Phi) is 6.10. The van der Waals surface area contributed by atoms with Crippen molar-refractivity contribution in [3.05, 3.63) is 34.3 Å². The van der Waals surface area contributed by atoms with Gasteiger partial charge in [-0.25, -0.2) is 4.79 Å². The Labute approximate surface area is 160 Å². The minimum atomic E-state index is -0.490. The van der Waals surface area contributed by atoms with Crippen LogP contribution in [0, 0.1) is 0 Å². The zero-order valence-electron chi connectivity index (χ0n) is 15.8. The van der Waals surface area contributed by atoms with Crippen LogP contribution < -0.4 is 0 Å². The first-order valence-corrected chi connectivity index (χ1v) is 9.69. The van der Waals surface area contributed by atoms with Crippen LogP contribution >= 0.6 is 11.6 Å². The van der Waals surface area contributed by atoms with Gasteiger partial charge < -0.3 is 19.1 Å². The van der Waals surface area contributed by atoms with E-state index in [9.17, 15) is 4.79 Å². The first-order chi connectivity index (χ1) is 12.3. The lowest BCUT2D eigenvalue weighted by molar-refractivity contribution is -0.0415. The van der Waals surface area contributed by atoms with Gasteiger partial charge in [-0.2, -0.15) is 0 Å². The van der Waals surface area contributed by atoms with Crippen molar-refractivity contribution in [3.63, 3.8) is 0 Å². The van der Waals surface area contributed by atoms with Crippen molar-refractivity contribution in [3.8, 4) is 0 Å². The molecule has 26 heavy (non-hydrogen) atoms. The third-order valence-corrected chi connectivity index (χ3v) is 4.92. The molecule has 0 aliphatic carbocycles. The second kappa shape index (κ2) is 8.15. The molecule has 0 aromatic heterocycles. The van der Waals surface area contributed by atoms with Gasteiger partial charge >= 0.3 is 6.09 Å². The number of hydrogen-bond acceptors (Lipinski definition) is 4. The molecule has 2 aliphatic rings. The van der Waals surface area contributed by atoms with Crippen molar-refractivity contribution in [1.29, 1.82) is 0 Å². The molecule has 2 atom stereocenters. The van der Waals surface area contributed by atoms with Gasteiger partial charge in [-0.1, -0.05) is 23.7 Å². The Bertz CT molecular complexity index is 637. The van der Waals surface area contributed by atoms with Crippen LogP contribution in [-0.2, 0) is 20.6 Å². The van der Waals surface area contributed by atoms with E-state index in [0.29, 0.717) is 26.1 Å². The lowest BCUT2D eigenvalue weighted by Crippen LogP contribution is -2.48. The van der Waals surface area contributed by atoms with Gasteiger partial charge in [-0.15, -0.1) is 0 Å². The Hall–Kier alpha value is -1.30. The molecule has 5 nitrogen and oxygen atoms in total. The predicted octanol–water partition coefficient (Wildman–Crippen LogP) is 4.37. The lowest BCUT2D eigenvalue weighted by Gasteiger charge is -2.34. The summed E-state index contributed by atoms with van der Waals surface area (Å²) in [4.78, 5) is 14.0. The van der Waals surface area contributed by atoms with Gasteiger partial charge in [-0.05, 0) is 50.8 Å². The maximum atomic E-state index is 12.3. The molecule has 2 heterocycles. The predicted molar refractivity (Wildman–Crippen MR) is 101 cm³/mol. The molecule has 0 spiro atoms. The van der Waals surface area contributed by atoms with E-state index in [1.54, 1.807) is 4.90 Å². The third-order valence-electron chi connectivity index (χ3n) is 4.60. The monoisotopic (exact) mass is 381 g/mol. The maximum absolute atomic E-state index is 12.3. The summed E-state index contributed by atoms with van der Waals surface area (Å²) >= 11 is 6.47. The number of morpholine rings is 1. The SMILES string of the molecule is CC(C)(C)OC(=O)N1CCOC(Cc2ccc(C3CCCO3)c(Cl)c2)C1. The Morgan fingerprint density at radius 1 is 1.31 bits per heavy atom. The fourth-order valence-corrected chi connectivity index (χ4v) is 3.70. The van der Waals surface area contributed by atoms with E-state index >= 15 is 0 Å². The molecule has 144 valence electrons. The summed E-state index contributed by atoms with van der Waals surface area (Å²) in [6, 6.07) is 6.13. The van der Waals surface area contributed by atoms with Crippen LogP contribution in [0.4, 0.5) is 4.79 Å². The molecule has 2 saturated heterocycles. The van der Waals surface area contributed by atoms with E-state index < -0.39 is 5.60 Å². The molecule has 1 aromatic rings. The zero-order valence-corrected chi connectivity index (χ0v) is 16.6. The Morgan fingerprint density at radius 2 is 2.12 bits per heavy atom. The van der Waals surface area contributed by atoms with Crippen LogP contribution in [0.15, 0.2) is 18.2 Å². The van der Waals surface area contributed by atoms with Gasteiger partial charge in [0.2, 0.25) is 0 Å². The molecule has 3 rings (SSSR count). The van der Waals surface area contributed by atoms with Crippen molar-refractivity contribution < 1.29 is 19.0 Å². The molecule has 2 unspecified atom stereocenters. The maximum Gasteiger partial charge on any atom is 0.410 e. The van der Waals surface area contributed by atoms with E-state index in [2.05, 4.69) is 12.1 Å². The van der Waals surface area contributed by atoms with Crippen LogP contribution in [0.2, 0.25) is 5.02 Å². The van der Waals surface area contributed by atoms with E-state index in [-0.39, 0.29) is 18.3 Å². The summed E-state index contributed by atoms with van der Waals surface area (Å²) in [5.74, 6) is 0. The fourth-order valence-electron chi connectivity index (χ4n) is 3.38. The topological polar surface area (TPSA) is 48.0 Å². The largest absolute Gasteiger partial charge is 0.444 e. The van der Waals surface area contributed by atoms with Crippen LogP contribution in [0.3, 0.4) is 0 Å². The molecule has 2 aliphatic heterocycles. The summed E-state index contributed by atoms with van der Waals surface area (Å²) in [6.45, 7) is 8.04. The van der Waals surface area contributed by atoms with Gasteiger partial charge in [0.1, 0.15) is 5.60 Å². The lowest BCUT2D eigenvalue weighted by atomic mass is 10.0. The number of halogens is 1. The van der Waals surface area contributed by atoms with Crippen molar-refractivity contribution in [2.24, 2.45) is 0 Å². The molecule has 6 heteroatoms. The molecular formula is C20H28ClNO4. The van der Waals surface area contributed by atoms with E-state index in [1.165, 1.54) is 0 Å². The van der Waals surface area contributed by atoms with Gasteiger partial charge in [-0.3, -0.25) is 0 Å². The number of benzene rings is 1. The third kappa shape index (κ3) is 5.12. The van der Waals surface area contributed by atoms with Crippen molar-refractivity contribution in [1.82, 2.24) is 4.90 Å². The molecule has 1 amide bonds. The molecule has 0 radical (unpaired) electrons. The average Bonchev–Trinajstić information content (AvgIpc) is 3.08. The summed E-state index contributed by atoms with van der Waals surface area (Å²) in [7, 11) is 0. The van der Waals surface area contributed by atoms with Crippen LogP contribution in [0.25, 0.3) is 0 Å². The number of amides is 1. The number of carbonyl (C=O) groups excluding carboxylic acids is 1. The van der Waals surface area contributed by atoms with E-state index in [1.807, 2.05) is 26.8 Å². The standard InChI is InChI=1S/C20H28ClNO4/c1-20(2,3)26-19(23)22-8-10-24-15(13-22)11-14-6-7-16(17(21)12-14)18-5-4-9-25-18/h6-7,12,15,18H,4-5,8-11,13H2,1-3H3. The highest BCUT2D eigenvalue weighted by Crippen LogP contribution is 2.34. The number of hydrogen-bond donors (Lipinski definition) is 0. The highest BCUT2D eigenvalue weighted by molar-refractivity contribution is 6.31. The first kappa shape index (κ1) is 19.5. The molecular weight excluding hydrogens is 354 g/mol. The summed E-state index contributed by atoms with van der Waals surface area (Å²) in [5, 5.41) is 0.745. The molecule has 0 saturated carbocycles. The summed E-state index contributed by atoms with van der Waals surface area (Å²) in [6.07, 6.45) is 2.60. The number of ether oxygens (including phenoxy) is 3. The summed E-state index contributed by atoms with van der Waals surface area (Å²) < 4.78 is 17.0. The average molecular weight is 382 g/mol. The van der Waals surface area contributed by atoms with Gasteiger partial charge in [0, 0.05) is 24.6 Å². The molecule has 0 bridgehead atoms. The minimum Gasteiger partial charge on any atom is -0.444 e. The number of carbonyl (C=O) groups is 1. The van der Waals surface area contributed by atoms with Gasteiger partial charge in [0.25, 0.3) is 0 Å². The second-order valence-corrected chi connectivity index (χ2v) is 8.39. The Balaban J connectivity index is 1.59. The molecule has 2 fully saturated rings. The number of rotatable bonds is 3. The normalized spacial score (nSPS) is 23.9. The fraction of sp³-hybridized carbons (Fsp3) is 0.650. The summed E-state index contributed by atoms with van der Waals surface area (Å²) in [5.41, 5.74) is 1.68. The highest BCUT2D eigenvalue weighted by atomic mass is 35.5. The second-order valence-electron chi connectivity index (χ2n) is 7.98. The van der Waals surface area contributed by atoms with Crippen LogP contribution in [-0.4, -0.2) is 49.0 Å². The van der Waals surface area contributed by atoms with E-state index in [0.717, 1.165) is 35.6 Å². The van der Waals surface area contributed by atoms with Crippen LogP contribution in [0.1, 0.15) is 50.8 Å². The minimum absolute atomic E-state index is 0.0547. The van der Waals surface area contributed by atoms with Crippen LogP contribution in [0.5, 0.6) is 0 Å². The quantitative estimate of drug-likeness (QED) is 0.780. The van der Waals surface area contributed by atoms with Crippen molar-refractivity contribution >= 4 is 17.7 Å². The van der Waals surface area contributed by atoms with Gasteiger partial charge in [0.05, 0.1) is 25.4 Å².